The molecule has 30 heavy (non-hydrogen) atoms. The summed E-state index contributed by atoms with van der Waals surface area (Å²) in [4.78, 5) is 12.1. The maximum Gasteiger partial charge on any atom is 0.416 e. The van der Waals surface area contributed by atoms with Crippen LogP contribution >= 0.6 is 0 Å². The molecule has 1 aliphatic rings. The average Bonchev–Trinajstić information content (AvgIpc) is 3.43. The molecule has 0 bridgehead atoms. The molecule has 1 fully saturated rings. The van der Waals surface area contributed by atoms with Crippen LogP contribution in [0.5, 0.6) is 0 Å². The number of hydrogen-bond donors (Lipinski definition) is 2. The minimum Gasteiger partial charge on any atom is -0.322 e. The highest BCUT2D eigenvalue weighted by Crippen LogP contribution is 2.37. The van der Waals surface area contributed by atoms with Gasteiger partial charge in [0.05, 0.1) is 16.0 Å². The van der Waals surface area contributed by atoms with E-state index < -0.39 is 45.1 Å². The number of carbonyl (C=O) groups excluding carboxylic acids is 1. The normalized spacial score (nSPS) is 15.1. The maximum atomic E-state index is 12.9. The van der Waals surface area contributed by atoms with E-state index in [-0.39, 0.29) is 22.6 Å². The van der Waals surface area contributed by atoms with Crippen LogP contribution in [0.1, 0.15) is 34.3 Å². The summed E-state index contributed by atoms with van der Waals surface area (Å²) >= 11 is 0. The molecule has 0 radical (unpaired) electrons. The third-order valence-electron chi connectivity index (χ3n) is 4.17. The number of anilines is 1. The molecule has 0 spiro atoms. The van der Waals surface area contributed by atoms with Gasteiger partial charge in [-0.2, -0.15) is 26.3 Å². The number of nitrogens with one attached hydrogen (secondary N) is 2. The van der Waals surface area contributed by atoms with Gasteiger partial charge in [-0.1, -0.05) is 0 Å². The Morgan fingerprint density at radius 1 is 0.867 bits per heavy atom. The Hall–Kier alpha value is -2.60. The van der Waals surface area contributed by atoms with Gasteiger partial charge >= 0.3 is 12.4 Å². The van der Waals surface area contributed by atoms with E-state index in [9.17, 15) is 39.6 Å². The lowest BCUT2D eigenvalue weighted by Gasteiger charge is -2.15. The van der Waals surface area contributed by atoms with Crippen molar-refractivity contribution in [2.24, 2.45) is 0 Å². The van der Waals surface area contributed by atoms with Gasteiger partial charge in [-0.3, -0.25) is 4.79 Å². The number of benzene rings is 2. The average molecular weight is 452 g/mol. The Bertz CT molecular complexity index is 1030. The third kappa shape index (κ3) is 5.30. The number of sulfonamides is 1. The molecule has 2 N–H and O–H groups in total. The highest BCUT2D eigenvalue weighted by molar-refractivity contribution is 7.89. The van der Waals surface area contributed by atoms with Crippen molar-refractivity contribution >= 4 is 21.6 Å². The van der Waals surface area contributed by atoms with Crippen LogP contribution in [-0.2, 0) is 22.4 Å². The zero-order chi connectivity index (χ0) is 22.3. The van der Waals surface area contributed by atoms with E-state index in [0.29, 0.717) is 12.1 Å². The van der Waals surface area contributed by atoms with Gasteiger partial charge in [0.25, 0.3) is 5.91 Å². The molecule has 0 aromatic heterocycles. The summed E-state index contributed by atoms with van der Waals surface area (Å²) in [5, 5.41) is 1.98. The summed E-state index contributed by atoms with van der Waals surface area (Å²) in [6.07, 6.45) is -8.66. The molecule has 2 aromatic carbocycles. The number of amides is 1. The van der Waals surface area contributed by atoms with Crippen LogP contribution in [0, 0.1) is 0 Å². The Morgan fingerprint density at radius 3 is 1.80 bits per heavy atom. The van der Waals surface area contributed by atoms with Crippen molar-refractivity contribution < 1.29 is 39.6 Å². The van der Waals surface area contributed by atoms with E-state index in [1.165, 1.54) is 0 Å². The monoisotopic (exact) mass is 452 g/mol. The van der Waals surface area contributed by atoms with Crippen molar-refractivity contribution in [3.8, 4) is 0 Å². The van der Waals surface area contributed by atoms with Gasteiger partial charge in [-0.25, -0.2) is 13.1 Å². The van der Waals surface area contributed by atoms with Gasteiger partial charge < -0.3 is 5.32 Å². The number of carbonyl (C=O) groups is 1. The van der Waals surface area contributed by atoms with E-state index >= 15 is 0 Å². The summed E-state index contributed by atoms with van der Waals surface area (Å²) in [7, 11) is -3.77. The van der Waals surface area contributed by atoms with Crippen molar-refractivity contribution in [1.29, 1.82) is 0 Å². The molecule has 5 nitrogen and oxygen atoms in total. The lowest BCUT2D eigenvalue weighted by molar-refractivity contribution is -0.143. The molecule has 0 aliphatic heterocycles. The third-order valence-corrected chi connectivity index (χ3v) is 5.71. The van der Waals surface area contributed by atoms with Crippen LogP contribution in [-0.4, -0.2) is 20.4 Å². The molecule has 3 rings (SSSR count). The summed E-state index contributed by atoms with van der Waals surface area (Å²) in [6, 6.07) is 5.02. The fraction of sp³-hybridized carbons (Fsp3) is 0.278. The van der Waals surface area contributed by atoms with Crippen molar-refractivity contribution in [3.63, 3.8) is 0 Å². The molecule has 162 valence electrons. The van der Waals surface area contributed by atoms with Crippen molar-refractivity contribution in [2.45, 2.75) is 36.1 Å². The van der Waals surface area contributed by atoms with Crippen LogP contribution in [0.25, 0.3) is 0 Å². The topological polar surface area (TPSA) is 75.3 Å². The molecule has 1 saturated carbocycles. The lowest BCUT2D eigenvalue weighted by atomic mass is 10.1. The second kappa shape index (κ2) is 7.58. The van der Waals surface area contributed by atoms with Crippen LogP contribution in [0.3, 0.4) is 0 Å². The van der Waals surface area contributed by atoms with Crippen LogP contribution in [0.2, 0.25) is 0 Å². The van der Waals surface area contributed by atoms with Crippen LogP contribution < -0.4 is 10.0 Å². The van der Waals surface area contributed by atoms with E-state index in [2.05, 4.69) is 4.72 Å². The second-order valence-electron chi connectivity index (χ2n) is 6.67. The van der Waals surface area contributed by atoms with Crippen molar-refractivity contribution in [2.75, 3.05) is 5.32 Å². The second-order valence-corrected chi connectivity index (χ2v) is 8.38. The lowest BCUT2D eigenvalue weighted by Crippen LogP contribution is -2.25. The fourth-order valence-electron chi connectivity index (χ4n) is 2.50. The molecule has 0 saturated heterocycles. The number of halogens is 6. The first-order valence-electron chi connectivity index (χ1n) is 8.49. The van der Waals surface area contributed by atoms with E-state index in [0.717, 1.165) is 37.1 Å². The molecule has 2 aromatic rings. The van der Waals surface area contributed by atoms with Crippen molar-refractivity contribution in [3.05, 3.63) is 59.2 Å². The minimum atomic E-state index is -5.05. The first-order valence-corrected chi connectivity index (χ1v) is 9.97. The van der Waals surface area contributed by atoms with Gasteiger partial charge in [0.2, 0.25) is 10.0 Å². The molecular weight excluding hydrogens is 438 g/mol. The smallest absolute Gasteiger partial charge is 0.322 e. The van der Waals surface area contributed by atoms with E-state index in [1.807, 2.05) is 5.32 Å². The molecule has 1 amide bonds. The minimum absolute atomic E-state index is 0.0534. The Morgan fingerprint density at radius 2 is 1.37 bits per heavy atom. The number of hydrogen-bond acceptors (Lipinski definition) is 3. The molecule has 0 atom stereocenters. The van der Waals surface area contributed by atoms with Crippen molar-refractivity contribution in [1.82, 2.24) is 4.72 Å². The Kier molecular flexibility index (Phi) is 5.58. The summed E-state index contributed by atoms with van der Waals surface area (Å²) in [6.45, 7) is 0. The Labute approximate surface area is 167 Å². The quantitative estimate of drug-likeness (QED) is 0.660. The first-order chi connectivity index (χ1) is 13.8. The van der Waals surface area contributed by atoms with Gasteiger partial charge in [-0.15, -0.1) is 0 Å². The van der Waals surface area contributed by atoms with Gasteiger partial charge in [0.15, 0.2) is 0 Å². The van der Waals surface area contributed by atoms with Crippen LogP contribution in [0.4, 0.5) is 32.0 Å². The molecule has 12 heteroatoms. The maximum absolute atomic E-state index is 12.9. The predicted molar refractivity (Wildman–Crippen MR) is 94.2 cm³/mol. The summed E-state index contributed by atoms with van der Waals surface area (Å²) in [5.74, 6) is -0.999. The zero-order valence-corrected chi connectivity index (χ0v) is 15.8. The highest BCUT2D eigenvalue weighted by Gasteiger charge is 2.37. The van der Waals surface area contributed by atoms with E-state index in [1.54, 1.807) is 0 Å². The Balaban J connectivity index is 1.83. The molecule has 0 heterocycles. The van der Waals surface area contributed by atoms with Gasteiger partial charge in [-0.05, 0) is 55.3 Å². The SMILES string of the molecule is O=C(Nc1cc(C(F)(F)F)cc(C(F)(F)F)c1)c1ccc(S(=O)(=O)NC2CC2)cc1. The van der Waals surface area contributed by atoms with Crippen LogP contribution in [0.15, 0.2) is 47.4 Å². The number of rotatable bonds is 5. The fourth-order valence-corrected chi connectivity index (χ4v) is 3.81. The van der Waals surface area contributed by atoms with E-state index in [4.69, 9.17) is 0 Å². The molecule has 1 aliphatic carbocycles. The number of alkyl halides is 6. The summed E-state index contributed by atoms with van der Waals surface area (Å²) < 4.78 is 104. The first kappa shape index (κ1) is 22.1. The summed E-state index contributed by atoms with van der Waals surface area (Å²) in [5.41, 5.74) is -3.99. The van der Waals surface area contributed by atoms with Gasteiger partial charge in [0.1, 0.15) is 0 Å². The molecule has 0 unspecified atom stereocenters. The van der Waals surface area contributed by atoms with Gasteiger partial charge in [0, 0.05) is 17.3 Å². The largest absolute Gasteiger partial charge is 0.416 e. The predicted octanol–water partition coefficient (Wildman–Crippen LogP) is 4.42. The zero-order valence-electron chi connectivity index (χ0n) is 14.9. The highest BCUT2D eigenvalue weighted by atomic mass is 32.2. The molecular formula is C18H14F6N2O3S. The standard InChI is InChI=1S/C18H14F6N2O3S/c19-17(20,21)11-7-12(18(22,23)24)9-14(8-11)25-16(27)10-1-5-15(6-2-10)30(28,29)26-13-3-4-13/h1-2,5-9,13,26H,3-4H2,(H,25,27).